The fourth-order valence-electron chi connectivity index (χ4n) is 2.66. The van der Waals surface area contributed by atoms with Crippen LogP contribution >= 0.6 is 0 Å². The molecule has 114 valence electrons. The minimum absolute atomic E-state index is 0.00651. The van der Waals surface area contributed by atoms with Crippen molar-refractivity contribution in [2.24, 2.45) is 5.92 Å². The van der Waals surface area contributed by atoms with Crippen LogP contribution in [0.2, 0.25) is 0 Å². The first kappa shape index (κ1) is 14.6. The molecule has 0 radical (unpaired) electrons. The Balaban J connectivity index is 1.63. The van der Waals surface area contributed by atoms with Crippen molar-refractivity contribution in [3.05, 3.63) is 48.0 Å². The lowest BCUT2D eigenvalue weighted by Crippen LogP contribution is -2.38. The second-order valence-corrected chi connectivity index (χ2v) is 5.85. The minimum atomic E-state index is -0.158. The van der Waals surface area contributed by atoms with Crippen LogP contribution in [0.1, 0.15) is 31.4 Å². The van der Waals surface area contributed by atoms with Crippen LogP contribution in [0.15, 0.2) is 42.5 Å². The molecule has 4 heteroatoms. The number of fused-ring (bicyclic) bond motifs is 1. The Hall–Kier alpha value is -2.36. The van der Waals surface area contributed by atoms with Gasteiger partial charge < -0.3 is 10.6 Å². The van der Waals surface area contributed by atoms with Crippen molar-refractivity contribution >= 4 is 22.6 Å². The van der Waals surface area contributed by atoms with Gasteiger partial charge in [-0.05, 0) is 36.1 Å². The zero-order valence-electron chi connectivity index (χ0n) is 12.6. The second kappa shape index (κ2) is 6.18. The summed E-state index contributed by atoms with van der Waals surface area (Å²) in [7, 11) is 0. The van der Waals surface area contributed by atoms with Crippen LogP contribution in [0.4, 0.5) is 0 Å². The Kier molecular flexibility index (Phi) is 4.09. The van der Waals surface area contributed by atoms with Gasteiger partial charge in [0, 0.05) is 5.92 Å². The average Bonchev–Trinajstić information content (AvgIpc) is 3.37. The summed E-state index contributed by atoms with van der Waals surface area (Å²) in [6.45, 7) is 2.01. The maximum atomic E-state index is 12.0. The van der Waals surface area contributed by atoms with Crippen LogP contribution in [0.5, 0.6) is 0 Å². The van der Waals surface area contributed by atoms with Crippen LogP contribution in [0.25, 0.3) is 10.8 Å². The van der Waals surface area contributed by atoms with Crippen LogP contribution in [-0.4, -0.2) is 18.4 Å². The normalized spacial score (nSPS) is 15.3. The Morgan fingerprint density at radius 2 is 1.86 bits per heavy atom. The van der Waals surface area contributed by atoms with Crippen molar-refractivity contribution in [2.45, 2.75) is 25.8 Å². The number of nitrogens with one attached hydrogen (secondary N) is 2. The molecule has 2 amide bonds. The molecule has 2 N–H and O–H groups in total. The molecule has 1 saturated carbocycles. The fourth-order valence-corrected chi connectivity index (χ4v) is 2.66. The molecule has 0 bridgehead atoms. The Bertz CT molecular complexity index is 702. The summed E-state index contributed by atoms with van der Waals surface area (Å²) < 4.78 is 0. The van der Waals surface area contributed by atoms with E-state index >= 15 is 0 Å². The van der Waals surface area contributed by atoms with E-state index in [4.69, 9.17) is 0 Å². The molecule has 0 aliphatic heterocycles. The summed E-state index contributed by atoms with van der Waals surface area (Å²) >= 11 is 0. The predicted octanol–water partition coefficient (Wildman–Crippen LogP) is 2.54. The lowest BCUT2D eigenvalue weighted by Gasteiger charge is -2.17. The quantitative estimate of drug-likeness (QED) is 0.891. The summed E-state index contributed by atoms with van der Waals surface area (Å²) in [5.41, 5.74) is 1.08. The third-order valence-corrected chi connectivity index (χ3v) is 4.04. The van der Waals surface area contributed by atoms with E-state index in [9.17, 15) is 9.59 Å². The van der Waals surface area contributed by atoms with Gasteiger partial charge in [0.2, 0.25) is 11.8 Å². The van der Waals surface area contributed by atoms with Crippen LogP contribution < -0.4 is 10.6 Å². The number of benzene rings is 2. The highest BCUT2D eigenvalue weighted by molar-refractivity contribution is 5.88. The van der Waals surface area contributed by atoms with Gasteiger partial charge in [-0.25, -0.2) is 0 Å². The van der Waals surface area contributed by atoms with Crippen molar-refractivity contribution in [1.29, 1.82) is 0 Å². The zero-order chi connectivity index (χ0) is 15.5. The molecule has 3 rings (SSSR count). The molecule has 2 aromatic carbocycles. The van der Waals surface area contributed by atoms with Gasteiger partial charge >= 0.3 is 0 Å². The van der Waals surface area contributed by atoms with Gasteiger partial charge in [-0.1, -0.05) is 42.5 Å². The summed E-state index contributed by atoms with van der Waals surface area (Å²) in [6, 6.07) is 14.1. The SMILES string of the molecule is CC(NC(=O)CNC(=O)C1CC1)c1cccc2ccccc12. The number of carbonyl (C=O) groups excluding carboxylic acids is 2. The summed E-state index contributed by atoms with van der Waals surface area (Å²) in [5.74, 6) is -0.0364. The lowest BCUT2D eigenvalue weighted by molar-refractivity contribution is -0.127. The smallest absolute Gasteiger partial charge is 0.239 e. The molecule has 2 aromatic rings. The Morgan fingerprint density at radius 3 is 2.64 bits per heavy atom. The van der Waals surface area contributed by atoms with Gasteiger partial charge in [-0.15, -0.1) is 0 Å². The van der Waals surface area contributed by atoms with Crippen molar-refractivity contribution < 1.29 is 9.59 Å². The first-order valence-corrected chi connectivity index (χ1v) is 7.70. The van der Waals surface area contributed by atoms with Crippen molar-refractivity contribution in [2.75, 3.05) is 6.54 Å². The van der Waals surface area contributed by atoms with Crippen molar-refractivity contribution in [3.8, 4) is 0 Å². The third-order valence-electron chi connectivity index (χ3n) is 4.04. The van der Waals surface area contributed by atoms with Crippen molar-refractivity contribution in [1.82, 2.24) is 10.6 Å². The standard InChI is InChI=1S/C18H20N2O2/c1-12(20-17(21)11-19-18(22)14-9-10-14)15-8-4-6-13-5-2-3-7-16(13)15/h2-8,12,14H,9-11H2,1H3,(H,19,22)(H,20,21). The number of carbonyl (C=O) groups is 2. The monoisotopic (exact) mass is 296 g/mol. The highest BCUT2D eigenvalue weighted by Gasteiger charge is 2.29. The largest absolute Gasteiger partial charge is 0.348 e. The highest BCUT2D eigenvalue weighted by Crippen LogP contribution is 2.28. The van der Waals surface area contributed by atoms with Gasteiger partial charge in [-0.3, -0.25) is 9.59 Å². The van der Waals surface area contributed by atoms with E-state index < -0.39 is 0 Å². The fraction of sp³-hybridized carbons (Fsp3) is 0.333. The highest BCUT2D eigenvalue weighted by atomic mass is 16.2. The van der Waals surface area contributed by atoms with Gasteiger partial charge in [0.1, 0.15) is 0 Å². The molecule has 1 aliphatic rings. The van der Waals surface area contributed by atoms with E-state index in [1.165, 1.54) is 0 Å². The van der Waals surface area contributed by atoms with E-state index in [1.807, 2.05) is 31.2 Å². The number of hydrogen-bond acceptors (Lipinski definition) is 2. The van der Waals surface area contributed by atoms with Crippen LogP contribution in [0, 0.1) is 5.92 Å². The molecule has 1 atom stereocenters. The minimum Gasteiger partial charge on any atom is -0.348 e. The zero-order valence-corrected chi connectivity index (χ0v) is 12.6. The van der Waals surface area contributed by atoms with Crippen LogP contribution in [0.3, 0.4) is 0 Å². The van der Waals surface area contributed by atoms with E-state index in [1.54, 1.807) is 0 Å². The van der Waals surface area contributed by atoms with Gasteiger partial charge in [0.15, 0.2) is 0 Å². The van der Waals surface area contributed by atoms with E-state index in [-0.39, 0.29) is 30.3 Å². The third kappa shape index (κ3) is 3.27. The lowest BCUT2D eigenvalue weighted by atomic mass is 10.00. The van der Waals surface area contributed by atoms with Gasteiger partial charge in [-0.2, -0.15) is 0 Å². The molecule has 22 heavy (non-hydrogen) atoms. The van der Waals surface area contributed by atoms with Gasteiger partial charge in [0.05, 0.1) is 12.6 Å². The summed E-state index contributed by atoms with van der Waals surface area (Å²) in [6.07, 6.45) is 1.89. The predicted molar refractivity (Wildman–Crippen MR) is 86.2 cm³/mol. The first-order chi connectivity index (χ1) is 10.6. The topological polar surface area (TPSA) is 58.2 Å². The van der Waals surface area contributed by atoms with E-state index in [0.717, 1.165) is 29.2 Å². The summed E-state index contributed by atoms with van der Waals surface area (Å²) in [5, 5.41) is 7.93. The summed E-state index contributed by atoms with van der Waals surface area (Å²) in [4.78, 5) is 23.5. The maximum Gasteiger partial charge on any atom is 0.239 e. The Morgan fingerprint density at radius 1 is 1.14 bits per heavy atom. The van der Waals surface area contributed by atoms with Crippen LogP contribution in [-0.2, 0) is 9.59 Å². The van der Waals surface area contributed by atoms with E-state index in [0.29, 0.717) is 0 Å². The number of rotatable bonds is 5. The van der Waals surface area contributed by atoms with Crippen molar-refractivity contribution in [3.63, 3.8) is 0 Å². The van der Waals surface area contributed by atoms with Gasteiger partial charge in [0.25, 0.3) is 0 Å². The number of amides is 2. The number of hydrogen-bond donors (Lipinski definition) is 2. The Labute approximate surface area is 129 Å². The first-order valence-electron chi connectivity index (χ1n) is 7.70. The molecule has 1 aliphatic carbocycles. The molecule has 1 fully saturated rings. The molecular weight excluding hydrogens is 276 g/mol. The van der Waals surface area contributed by atoms with E-state index in [2.05, 4.69) is 28.8 Å². The molecule has 1 unspecified atom stereocenters. The second-order valence-electron chi connectivity index (χ2n) is 5.85. The molecule has 0 heterocycles. The molecular formula is C18H20N2O2. The maximum absolute atomic E-state index is 12.0. The average molecular weight is 296 g/mol. The molecule has 0 aromatic heterocycles. The molecule has 0 spiro atoms. The molecule has 0 saturated heterocycles. The molecule has 4 nitrogen and oxygen atoms in total.